The molecule has 0 fully saturated rings. The highest BCUT2D eigenvalue weighted by molar-refractivity contribution is 5.94. The molecule has 7 nitrogen and oxygen atoms in total. The molecule has 0 bridgehead atoms. The first-order chi connectivity index (χ1) is 9.20. The Morgan fingerprint density at radius 3 is 3.05 bits per heavy atom. The van der Waals surface area contributed by atoms with Crippen molar-refractivity contribution in [1.29, 1.82) is 0 Å². The Morgan fingerprint density at radius 2 is 2.37 bits per heavy atom. The van der Waals surface area contributed by atoms with Gasteiger partial charge < -0.3 is 14.6 Å². The van der Waals surface area contributed by atoms with Gasteiger partial charge in [0, 0.05) is 19.2 Å². The van der Waals surface area contributed by atoms with Gasteiger partial charge in [-0.1, -0.05) is 5.16 Å². The molecule has 0 aliphatic heterocycles. The van der Waals surface area contributed by atoms with Crippen molar-refractivity contribution >= 4 is 11.8 Å². The highest BCUT2D eigenvalue weighted by Gasteiger charge is 2.12. The summed E-state index contributed by atoms with van der Waals surface area (Å²) in [5.74, 6) is 1.19. The molecule has 0 aliphatic rings. The maximum atomic E-state index is 11.5. The number of hydrogen-bond acceptors (Lipinski definition) is 7. The zero-order valence-electron chi connectivity index (χ0n) is 10.7. The van der Waals surface area contributed by atoms with Gasteiger partial charge in [0.15, 0.2) is 5.82 Å². The third kappa shape index (κ3) is 3.27. The molecule has 0 saturated heterocycles. The average molecular weight is 262 g/mol. The third-order valence-corrected chi connectivity index (χ3v) is 2.41. The SMILES string of the molecule is COC(=O)c1cccnc1NCCc1nc(C)no1. The van der Waals surface area contributed by atoms with E-state index in [1.165, 1.54) is 7.11 Å². The Kier molecular flexibility index (Phi) is 4.07. The van der Waals surface area contributed by atoms with E-state index in [4.69, 9.17) is 4.52 Å². The van der Waals surface area contributed by atoms with Gasteiger partial charge in [-0.15, -0.1) is 0 Å². The predicted octanol–water partition coefficient (Wildman–Crippen LogP) is 1.21. The molecule has 0 atom stereocenters. The van der Waals surface area contributed by atoms with Crippen molar-refractivity contribution < 1.29 is 14.1 Å². The lowest BCUT2D eigenvalue weighted by molar-refractivity contribution is 0.0601. The summed E-state index contributed by atoms with van der Waals surface area (Å²) in [5.41, 5.74) is 0.395. The average Bonchev–Trinajstić information content (AvgIpc) is 2.84. The van der Waals surface area contributed by atoms with Crippen LogP contribution >= 0.6 is 0 Å². The first-order valence-corrected chi connectivity index (χ1v) is 5.77. The van der Waals surface area contributed by atoms with E-state index < -0.39 is 5.97 Å². The lowest BCUT2D eigenvalue weighted by Gasteiger charge is -2.07. The molecule has 19 heavy (non-hydrogen) atoms. The summed E-state index contributed by atoms with van der Waals surface area (Å²) in [7, 11) is 1.33. The second kappa shape index (κ2) is 5.94. The van der Waals surface area contributed by atoms with Gasteiger partial charge in [0.2, 0.25) is 5.89 Å². The molecular formula is C12H14N4O3. The van der Waals surface area contributed by atoms with Crippen LogP contribution in [0.2, 0.25) is 0 Å². The minimum absolute atomic E-state index is 0.395. The molecule has 1 N–H and O–H groups in total. The quantitative estimate of drug-likeness (QED) is 0.810. The zero-order valence-corrected chi connectivity index (χ0v) is 10.7. The number of hydrogen-bond donors (Lipinski definition) is 1. The van der Waals surface area contributed by atoms with E-state index in [0.29, 0.717) is 36.1 Å². The predicted molar refractivity (Wildman–Crippen MR) is 66.8 cm³/mol. The van der Waals surface area contributed by atoms with Gasteiger partial charge in [-0.3, -0.25) is 0 Å². The highest BCUT2D eigenvalue weighted by Crippen LogP contribution is 2.12. The van der Waals surface area contributed by atoms with E-state index >= 15 is 0 Å². The van der Waals surface area contributed by atoms with E-state index in [2.05, 4.69) is 25.2 Å². The molecule has 0 radical (unpaired) electrons. The van der Waals surface area contributed by atoms with Crippen molar-refractivity contribution in [3.05, 3.63) is 35.6 Å². The maximum absolute atomic E-state index is 11.5. The number of aromatic nitrogens is 3. The number of carbonyl (C=O) groups is 1. The fraction of sp³-hybridized carbons (Fsp3) is 0.333. The zero-order chi connectivity index (χ0) is 13.7. The summed E-state index contributed by atoms with van der Waals surface area (Å²) in [4.78, 5) is 19.7. The Hall–Kier alpha value is -2.44. The minimum Gasteiger partial charge on any atom is -0.465 e. The van der Waals surface area contributed by atoms with E-state index in [0.717, 1.165) is 0 Å². The normalized spacial score (nSPS) is 10.2. The Morgan fingerprint density at radius 1 is 1.53 bits per heavy atom. The molecule has 2 aromatic heterocycles. The highest BCUT2D eigenvalue weighted by atomic mass is 16.5. The van der Waals surface area contributed by atoms with E-state index in [9.17, 15) is 4.79 Å². The molecule has 7 heteroatoms. The van der Waals surface area contributed by atoms with Crippen molar-refractivity contribution in [2.24, 2.45) is 0 Å². The van der Waals surface area contributed by atoms with Crippen LogP contribution in [-0.4, -0.2) is 34.7 Å². The second-order valence-electron chi connectivity index (χ2n) is 3.80. The van der Waals surface area contributed by atoms with Crippen LogP contribution in [0.5, 0.6) is 0 Å². The molecule has 0 aliphatic carbocycles. The minimum atomic E-state index is -0.427. The number of anilines is 1. The molecule has 0 saturated carbocycles. The van der Waals surface area contributed by atoms with Gasteiger partial charge in [0.25, 0.3) is 0 Å². The number of methoxy groups -OCH3 is 1. The fourth-order valence-electron chi connectivity index (χ4n) is 1.55. The van der Waals surface area contributed by atoms with Crippen LogP contribution in [0.1, 0.15) is 22.1 Å². The van der Waals surface area contributed by atoms with Crippen molar-refractivity contribution in [2.45, 2.75) is 13.3 Å². The third-order valence-electron chi connectivity index (χ3n) is 2.41. The molecular weight excluding hydrogens is 248 g/mol. The number of nitrogens with zero attached hydrogens (tertiary/aromatic N) is 3. The molecule has 0 spiro atoms. The second-order valence-corrected chi connectivity index (χ2v) is 3.80. The van der Waals surface area contributed by atoms with Crippen molar-refractivity contribution in [3.63, 3.8) is 0 Å². The lowest BCUT2D eigenvalue weighted by atomic mass is 10.2. The summed E-state index contributed by atoms with van der Waals surface area (Å²) >= 11 is 0. The number of nitrogens with one attached hydrogen (secondary N) is 1. The van der Waals surface area contributed by atoms with Gasteiger partial charge in [0.05, 0.1) is 7.11 Å². The van der Waals surface area contributed by atoms with Crippen LogP contribution in [0.3, 0.4) is 0 Å². The number of aryl methyl sites for hydroxylation is 1. The lowest BCUT2D eigenvalue weighted by Crippen LogP contribution is -2.12. The number of esters is 1. The monoisotopic (exact) mass is 262 g/mol. The molecule has 2 heterocycles. The summed E-state index contributed by atoms with van der Waals surface area (Å²) < 4.78 is 9.67. The smallest absolute Gasteiger partial charge is 0.341 e. The summed E-state index contributed by atoms with van der Waals surface area (Å²) in [6.07, 6.45) is 2.16. The number of carbonyl (C=O) groups excluding carboxylic acids is 1. The van der Waals surface area contributed by atoms with Crippen LogP contribution in [0.25, 0.3) is 0 Å². The van der Waals surface area contributed by atoms with Gasteiger partial charge in [-0.05, 0) is 19.1 Å². The van der Waals surface area contributed by atoms with Crippen LogP contribution in [0, 0.1) is 6.92 Å². The van der Waals surface area contributed by atoms with Gasteiger partial charge in [0.1, 0.15) is 11.4 Å². The van der Waals surface area contributed by atoms with E-state index in [-0.39, 0.29) is 0 Å². The summed E-state index contributed by atoms with van der Waals surface area (Å²) in [6.45, 7) is 2.29. The van der Waals surface area contributed by atoms with Gasteiger partial charge in [-0.2, -0.15) is 4.98 Å². The van der Waals surface area contributed by atoms with Crippen LogP contribution in [-0.2, 0) is 11.2 Å². The van der Waals surface area contributed by atoms with E-state index in [1.807, 2.05) is 0 Å². The molecule has 0 amide bonds. The van der Waals surface area contributed by atoms with Crippen molar-refractivity contribution in [2.75, 3.05) is 19.0 Å². The molecule has 2 aromatic rings. The largest absolute Gasteiger partial charge is 0.465 e. The first kappa shape index (κ1) is 13.0. The first-order valence-electron chi connectivity index (χ1n) is 5.77. The van der Waals surface area contributed by atoms with Crippen LogP contribution in [0.4, 0.5) is 5.82 Å². The molecule has 100 valence electrons. The Bertz CT molecular complexity index is 568. The Labute approximate surface area is 110 Å². The standard InChI is InChI=1S/C12H14N4O3/c1-8-15-10(19-16-8)5-7-14-11-9(12(17)18-2)4-3-6-13-11/h3-4,6H,5,7H2,1-2H3,(H,13,14). The number of pyridine rings is 1. The molecule has 0 unspecified atom stereocenters. The van der Waals surface area contributed by atoms with Crippen molar-refractivity contribution in [3.8, 4) is 0 Å². The fourth-order valence-corrected chi connectivity index (χ4v) is 1.55. The Balaban J connectivity index is 1.97. The summed E-state index contributed by atoms with van der Waals surface area (Å²) in [6, 6.07) is 3.33. The summed E-state index contributed by atoms with van der Waals surface area (Å²) in [5, 5.41) is 6.74. The van der Waals surface area contributed by atoms with Crippen LogP contribution < -0.4 is 5.32 Å². The van der Waals surface area contributed by atoms with Gasteiger partial charge in [-0.25, -0.2) is 9.78 Å². The molecule has 2 rings (SSSR count). The molecule has 0 aromatic carbocycles. The van der Waals surface area contributed by atoms with Gasteiger partial charge >= 0.3 is 5.97 Å². The number of ether oxygens (including phenoxy) is 1. The van der Waals surface area contributed by atoms with E-state index in [1.54, 1.807) is 25.3 Å². The van der Waals surface area contributed by atoms with Crippen molar-refractivity contribution in [1.82, 2.24) is 15.1 Å². The maximum Gasteiger partial charge on any atom is 0.341 e. The topological polar surface area (TPSA) is 90.1 Å². The van der Waals surface area contributed by atoms with Crippen LogP contribution in [0.15, 0.2) is 22.9 Å². The number of rotatable bonds is 5.